The Bertz CT molecular complexity index is 537. The summed E-state index contributed by atoms with van der Waals surface area (Å²) in [5.41, 5.74) is 1.20. The Morgan fingerprint density at radius 2 is 2.16 bits per heavy atom. The molecule has 19 heavy (non-hydrogen) atoms. The van der Waals surface area contributed by atoms with Gasteiger partial charge >= 0.3 is 0 Å². The van der Waals surface area contributed by atoms with Crippen LogP contribution in [0.25, 0.3) is 0 Å². The van der Waals surface area contributed by atoms with Gasteiger partial charge in [-0.3, -0.25) is 0 Å². The van der Waals surface area contributed by atoms with Gasteiger partial charge in [-0.2, -0.15) is 0 Å². The molecule has 0 radical (unpaired) electrons. The van der Waals surface area contributed by atoms with E-state index in [2.05, 4.69) is 15.5 Å². The summed E-state index contributed by atoms with van der Waals surface area (Å²) >= 11 is 7.42. The van der Waals surface area contributed by atoms with Crippen LogP contribution in [0, 0.1) is 0 Å². The van der Waals surface area contributed by atoms with Gasteiger partial charge in [-0.15, -0.1) is 10.2 Å². The van der Waals surface area contributed by atoms with E-state index in [0.717, 1.165) is 29.6 Å². The second-order valence-corrected chi connectivity index (χ2v) is 5.96. The lowest BCUT2D eigenvalue weighted by atomic mass is 10.2. The van der Waals surface area contributed by atoms with E-state index in [4.69, 9.17) is 16.0 Å². The monoisotopic (exact) mass is 296 g/mol. The Morgan fingerprint density at radius 3 is 2.89 bits per heavy atom. The van der Waals surface area contributed by atoms with Crippen LogP contribution in [0.4, 0.5) is 0 Å². The molecule has 0 aliphatic carbocycles. The molecule has 1 aromatic heterocycles. The van der Waals surface area contributed by atoms with Crippen LogP contribution in [-0.2, 0) is 5.75 Å². The molecule has 0 saturated carbocycles. The van der Waals surface area contributed by atoms with Crippen molar-refractivity contribution in [2.45, 2.75) is 29.9 Å². The quantitative estimate of drug-likeness (QED) is 0.880. The number of hydrogen-bond donors (Lipinski definition) is 1. The van der Waals surface area contributed by atoms with Crippen LogP contribution in [0.15, 0.2) is 33.9 Å². The normalized spacial score (nSPS) is 18.9. The Labute approximate surface area is 120 Å². The average Bonchev–Trinajstić information content (AvgIpc) is 3.09. The van der Waals surface area contributed by atoms with Crippen LogP contribution in [0.2, 0.25) is 5.02 Å². The molecule has 1 atom stereocenters. The minimum Gasteiger partial charge on any atom is -0.410 e. The minimum atomic E-state index is 0.359. The molecule has 0 amide bonds. The lowest BCUT2D eigenvalue weighted by Gasteiger charge is -2.00. The van der Waals surface area contributed by atoms with E-state index in [1.54, 1.807) is 11.8 Å². The Balaban J connectivity index is 1.59. The number of aromatic nitrogens is 2. The standard InChI is InChI=1S/C13H14ClN3OS/c14-10-5-3-9(4-6-10)8-19-13-17-16-12(18-13)11-2-1-7-15-11/h3-6,11,15H,1-2,7-8H2/p+1/t11-/m1/s1. The van der Waals surface area contributed by atoms with Gasteiger partial charge in [0.25, 0.3) is 11.1 Å². The van der Waals surface area contributed by atoms with Crippen molar-refractivity contribution in [1.82, 2.24) is 10.2 Å². The van der Waals surface area contributed by atoms with Gasteiger partial charge in [0.1, 0.15) is 0 Å². The van der Waals surface area contributed by atoms with Crippen LogP contribution in [0.1, 0.15) is 30.3 Å². The SMILES string of the molecule is Clc1ccc(CSc2nnc([C@H]3CCC[NH2+]3)o2)cc1. The fraction of sp³-hybridized carbons (Fsp3) is 0.385. The second kappa shape index (κ2) is 5.94. The van der Waals surface area contributed by atoms with Crippen LogP contribution in [0.5, 0.6) is 0 Å². The van der Waals surface area contributed by atoms with E-state index < -0.39 is 0 Å². The number of nitrogens with two attached hydrogens (primary N) is 1. The summed E-state index contributed by atoms with van der Waals surface area (Å²) in [7, 11) is 0. The van der Waals surface area contributed by atoms with Crippen molar-refractivity contribution in [2.24, 2.45) is 0 Å². The maximum absolute atomic E-state index is 5.85. The van der Waals surface area contributed by atoms with Crippen LogP contribution >= 0.6 is 23.4 Å². The summed E-state index contributed by atoms with van der Waals surface area (Å²) in [6.45, 7) is 1.15. The highest BCUT2D eigenvalue weighted by atomic mass is 35.5. The molecule has 1 fully saturated rings. The third-order valence-electron chi connectivity index (χ3n) is 3.19. The van der Waals surface area contributed by atoms with Crippen molar-refractivity contribution >= 4 is 23.4 Å². The van der Waals surface area contributed by atoms with E-state index in [1.165, 1.54) is 12.0 Å². The van der Waals surface area contributed by atoms with Crippen LogP contribution in [-0.4, -0.2) is 16.7 Å². The smallest absolute Gasteiger partial charge is 0.277 e. The van der Waals surface area contributed by atoms with Crippen molar-refractivity contribution in [3.8, 4) is 0 Å². The molecule has 1 aliphatic heterocycles. The number of quaternary nitrogens is 1. The Kier molecular flexibility index (Phi) is 4.06. The molecular weight excluding hydrogens is 282 g/mol. The van der Waals surface area contributed by atoms with Gasteiger partial charge in [0.05, 0.1) is 6.54 Å². The maximum atomic E-state index is 5.85. The van der Waals surface area contributed by atoms with E-state index in [9.17, 15) is 0 Å². The summed E-state index contributed by atoms with van der Waals surface area (Å²) in [5, 5.41) is 11.9. The van der Waals surface area contributed by atoms with Gasteiger partial charge in [0.2, 0.25) is 0 Å². The minimum absolute atomic E-state index is 0.359. The van der Waals surface area contributed by atoms with Gasteiger partial charge in [-0.05, 0) is 17.7 Å². The summed E-state index contributed by atoms with van der Waals surface area (Å²) < 4.78 is 5.70. The third kappa shape index (κ3) is 3.29. The topological polar surface area (TPSA) is 55.5 Å². The highest BCUT2D eigenvalue weighted by Crippen LogP contribution is 2.25. The van der Waals surface area contributed by atoms with E-state index >= 15 is 0 Å². The van der Waals surface area contributed by atoms with E-state index in [-0.39, 0.29) is 0 Å². The van der Waals surface area contributed by atoms with Crippen molar-refractivity contribution in [3.05, 3.63) is 40.7 Å². The first-order valence-corrected chi connectivity index (χ1v) is 7.71. The molecule has 2 heterocycles. The number of benzene rings is 1. The molecule has 1 aliphatic rings. The first-order chi connectivity index (χ1) is 9.31. The largest absolute Gasteiger partial charge is 0.410 e. The Morgan fingerprint density at radius 1 is 1.32 bits per heavy atom. The summed E-state index contributed by atoms with van der Waals surface area (Å²) in [6.07, 6.45) is 2.35. The third-order valence-corrected chi connectivity index (χ3v) is 4.33. The average molecular weight is 297 g/mol. The number of rotatable bonds is 4. The Hall–Kier alpha value is -1.04. The van der Waals surface area contributed by atoms with Gasteiger partial charge in [0.15, 0.2) is 6.04 Å². The predicted molar refractivity (Wildman–Crippen MR) is 74.1 cm³/mol. The highest BCUT2D eigenvalue weighted by Gasteiger charge is 2.26. The maximum Gasteiger partial charge on any atom is 0.277 e. The van der Waals surface area contributed by atoms with Gasteiger partial charge in [-0.25, -0.2) is 0 Å². The van der Waals surface area contributed by atoms with E-state index in [0.29, 0.717) is 11.3 Å². The molecule has 4 nitrogen and oxygen atoms in total. The second-order valence-electron chi connectivity index (χ2n) is 4.59. The summed E-state index contributed by atoms with van der Waals surface area (Å²) in [6, 6.07) is 8.17. The first-order valence-electron chi connectivity index (χ1n) is 6.35. The van der Waals surface area contributed by atoms with Crippen molar-refractivity contribution in [3.63, 3.8) is 0 Å². The molecule has 100 valence electrons. The molecule has 0 spiro atoms. The fourth-order valence-electron chi connectivity index (χ4n) is 2.15. The number of thioether (sulfide) groups is 1. The number of halogens is 1. The molecule has 2 aromatic rings. The van der Waals surface area contributed by atoms with Gasteiger partial charge < -0.3 is 9.73 Å². The van der Waals surface area contributed by atoms with Crippen molar-refractivity contribution in [1.29, 1.82) is 0 Å². The van der Waals surface area contributed by atoms with E-state index in [1.807, 2.05) is 24.3 Å². The lowest BCUT2D eigenvalue weighted by molar-refractivity contribution is -0.678. The molecular formula is C13H15ClN3OS+. The summed E-state index contributed by atoms with van der Waals surface area (Å²) in [5.74, 6) is 1.57. The van der Waals surface area contributed by atoms with Gasteiger partial charge in [-0.1, -0.05) is 35.5 Å². The molecule has 0 unspecified atom stereocenters. The van der Waals surface area contributed by atoms with Gasteiger partial charge in [0, 0.05) is 23.6 Å². The molecule has 6 heteroatoms. The fourth-order valence-corrected chi connectivity index (χ4v) is 3.00. The predicted octanol–water partition coefficient (Wildman–Crippen LogP) is 2.41. The highest BCUT2D eigenvalue weighted by molar-refractivity contribution is 7.98. The van der Waals surface area contributed by atoms with Crippen molar-refractivity contribution < 1.29 is 9.73 Å². The first kappa shape index (κ1) is 13.0. The van der Waals surface area contributed by atoms with Crippen molar-refractivity contribution in [2.75, 3.05) is 6.54 Å². The zero-order chi connectivity index (χ0) is 13.1. The van der Waals surface area contributed by atoms with Crippen LogP contribution in [0.3, 0.4) is 0 Å². The molecule has 1 aromatic carbocycles. The zero-order valence-electron chi connectivity index (χ0n) is 10.4. The number of nitrogens with zero attached hydrogens (tertiary/aromatic N) is 2. The zero-order valence-corrected chi connectivity index (χ0v) is 12.0. The lowest BCUT2D eigenvalue weighted by Crippen LogP contribution is -2.81. The molecule has 3 rings (SSSR count). The van der Waals surface area contributed by atoms with Crippen LogP contribution < -0.4 is 5.32 Å². The number of hydrogen-bond acceptors (Lipinski definition) is 4. The summed E-state index contributed by atoms with van der Waals surface area (Å²) in [4.78, 5) is 0. The molecule has 0 bridgehead atoms. The molecule has 2 N–H and O–H groups in total. The molecule has 1 saturated heterocycles.